The standard InChI is InChI=1S/C18H27N3O/c1-3-10-21-11-9-17-16(13-21)18(20-19-17)14-5-7-15(8-6-14)22-12-4-2/h5-8,16,18,20H,3-4,9-13H2,1-2H3. The summed E-state index contributed by atoms with van der Waals surface area (Å²) < 4.78 is 5.67. The summed E-state index contributed by atoms with van der Waals surface area (Å²) in [7, 11) is 0. The Bertz CT molecular complexity index is 512. The second kappa shape index (κ2) is 7.14. The fraction of sp³-hybridized carbons (Fsp3) is 0.611. The number of fused-ring (bicyclic) bond motifs is 1. The Labute approximate surface area is 133 Å². The Morgan fingerprint density at radius 2 is 2.05 bits per heavy atom. The molecule has 4 nitrogen and oxygen atoms in total. The van der Waals surface area contributed by atoms with E-state index in [1.54, 1.807) is 0 Å². The first-order chi connectivity index (χ1) is 10.8. The Morgan fingerprint density at radius 1 is 1.23 bits per heavy atom. The van der Waals surface area contributed by atoms with Crippen LogP contribution in [0.4, 0.5) is 0 Å². The van der Waals surface area contributed by atoms with Crippen molar-refractivity contribution in [3.05, 3.63) is 29.8 Å². The summed E-state index contributed by atoms with van der Waals surface area (Å²) in [6.45, 7) is 8.63. The van der Waals surface area contributed by atoms with Gasteiger partial charge in [-0.3, -0.25) is 0 Å². The molecule has 1 N–H and O–H groups in total. The fourth-order valence-electron chi connectivity index (χ4n) is 3.43. The average molecular weight is 301 g/mol. The van der Waals surface area contributed by atoms with Crippen molar-refractivity contribution < 1.29 is 4.74 Å². The zero-order chi connectivity index (χ0) is 15.4. The van der Waals surface area contributed by atoms with E-state index in [1.807, 2.05) is 0 Å². The molecule has 0 aliphatic carbocycles. The van der Waals surface area contributed by atoms with Crippen molar-refractivity contribution in [3.8, 4) is 5.75 Å². The van der Waals surface area contributed by atoms with Gasteiger partial charge in [-0.15, -0.1) is 0 Å². The zero-order valence-corrected chi connectivity index (χ0v) is 13.7. The summed E-state index contributed by atoms with van der Waals surface area (Å²) in [4.78, 5) is 2.57. The highest BCUT2D eigenvalue weighted by Crippen LogP contribution is 2.33. The van der Waals surface area contributed by atoms with Crippen LogP contribution in [0.3, 0.4) is 0 Å². The van der Waals surface area contributed by atoms with E-state index in [1.165, 1.54) is 24.2 Å². The minimum atomic E-state index is 0.315. The average Bonchev–Trinajstić information content (AvgIpc) is 2.97. The first-order valence-corrected chi connectivity index (χ1v) is 8.59. The van der Waals surface area contributed by atoms with Crippen molar-refractivity contribution in [2.75, 3.05) is 26.2 Å². The molecule has 0 aromatic heterocycles. The molecule has 2 atom stereocenters. The Morgan fingerprint density at radius 3 is 2.77 bits per heavy atom. The lowest BCUT2D eigenvalue weighted by atomic mass is 9.86. The summed E-state index contributed by atoms with van der Waals surface area (Å²) in [6.07, 6.45) is 3.37. The third kappa shape index (κ3) is 3.27. The van der Waals surface area contributed by atoms with Gasteiger partial charge in [-0.2, -0.15) is 5.10 Å². The predicted octanol–water partition coefficient (Wildman–Crippen LogP) is 3.21. The van der Waals surface area contributed by atoms with Crippen molar-refractivity contribution in [3.63, 3.8) is 0 Å². The van der Waals surface area contributed by atoms with Crippen molar-refractivity contribution in [2.45, 2.75) is 39.2 Å². The van der Waals surface area contributed by atoms with Gasteiger partial charge in [0.25, 0.3) is 0 Å². The van der Waals surface area contributed by atoms with E-state index in [0.717, 1.165) is 38.3 Å². The number of hydrogen-bond acceptors (Lipinski definition) is 4. The molecule has 4 heteroatoms. The van der Waals surface area contributed by atoms with Crippen LogP contribution in [0.2, 0.25) is 0 Å². The van der Waals surface area contributed by atoms with Crippen LogP contribution in [-0.4, -0.2) is 36.9 Å². The molecule has 3 rings (SSSR count). The second-order valence-corrected chi connectivity index (χ2v) is 6.28. The monoisotopic (exact) mass is 301 g/mol. The number of rotatable bonds is 6. The quantitative estimate of drug-likeness (QED) is 0.876. The van der Waals surface area contributed by atoms with Gasteiger partial charge in [0.05, 0.1) is 12.6 Å². The molecule has 0 saturated carbocycles. The molecule has 2 heterocycles. The van der Waals surface area contributed by atoms with Crippen molar-refractivity contribution >= 4 is 5.71 Å². The molecule has 2 aliphatic rings. The van der Waals surface area contributed by atoms with E-state index in [9.17, 15) is 0 Å². The van der Waals surface area contributed by atoms with Gasteiger partial charge in [0, 0.05) is 31.1 Å². The normalized spacial score (nSPS) is 24.5. The van der Waals surface area contributed by atoms with Crippen molar-refractivity contribution in [2.24, 2.45) is 11.0 Å². The Kier molecular flexibility index (Phi) is 4.98. The molecule has 2 unspecified atom stereocenters. The molecule has 1 fully saturated rings. The predicted molar refractivity (Wildman–Crippen MR) is 90.4 cm³/mol. The van der Waals surface area contributed by atoms with Crippen LogP contribution < -0.4 is 10.2 Å². The number of benzene rings is 1. The topological polar surface area (TPSA) is 36.9 Å². The maximum atomic E-state index is 5.67. The highest BCUT2D eigenvalue weighted by atomic mass is 16.5. The van der Waals surface area contributed by atoms with E-state index in [-0.39, 0.29) is 0 Å². The van der Waals surface area contributed by atoms with Crippen LogP contribution in [0.5, 0.6) is 5.75 Å². The third-order valence-electron chi connectivity index (χ3n) is 4.57. The minimum Gasteiger partial charge on any atom is -0.494 e. The number of hydrogen-bond donors (Lipinski definition) is 1. The molecular weight excluding hydrogens is 274 g/mol. The largest absolute Gasteiger partial charge is 0.494 e. The van der Waals surface area contributed by atoms with Crippen LogP contribution in [0.1, 0.15) is 44.7 Å². The van der Waals surface area contributed by atoms with Gasteiger partial charge in [0.15, 0.2) is 0 Å². The summed E-state index contributed by atoms with van der Waals surface area (Å²) in [5.74, 6) is 1.48. The highest BCUT2D eigenvalue weighted by Gasteiger charge is 2.36. The lowest BCUT2D eigenvalue weighted by Gasteiger charge is -2.33. The lowest BCUT2D eigenvalue weighted by Crippen LogP contribution is -2.42. The summed E-state index contributed by atoms with van der Waals surface area (Å²) in [6, 6.07) is 8.84. The smallest absolute Gasteiger partial charge is 0.119 e. The lowest BCUT2D eigenvalue weighted by molar-refractivity contribution is 0.228. The number of hydrazone groups is 1. The van der Waals surface area contributed by atoms with E-state index in [2.05, 4.69) is 53.5 Å². The number of nitrogens with one attached hydrogen (secondary N) is 1. The van der Waals surface area contributed by atoms with Crippen LogP contribution >= 0.6 is 0 Å². The number of nitrogens with zero attached hydrogens (tertiary/aromatic N) is 2. The summed E-state index contributed by atoms with van der Waals surface area (Å²) >= 11 is 0. The third-order valence-corrected chi connectivity index (χ3v) is 4.57. The summed E-state index contributed by atoms with van der Waals surface area (Å²) in [5, 5.41) is 4.59. The fourth-order valence-corrected chi connectivity index (χ4v) is 3.43. The van der Waals surface area contributed by atoms with Crippen LogP contribution in [0.25, 0.3) is 0 Å². The van der Waals surface area contributed by atoms with Gasteiger partial charge in [-0.1, -0.05) is 26.0 Å². The Balaban J connectivity index is 1.67. The van der Waals surface area contributed by atoms with Gasteiger partial charge in [-0.05, 0) is 37.1 Å². The molecule has 1 aromatic carbocycles. The van der Waals surface area contributed by atoms with Gasteiger partial charge in [0.1, 0.15) is 5.75 Å². The van der Waals surface area contributed by atoms with E-state index in [4.69, 9.17) is 4.74 Å². The van der Waals surface area contributed by atoms with Gasteiger partial charge in [0.2, 0.25) is 0 Å². The minimum absolute atomic E-state index is 0.315. The van der Waals surface area contributed by atoms with Gasteiger partial charge in [-0.25, -0.2) is 0 Å². The molecule has 120 valence electrons. The van der Waals surface area contributed by atoms with Crippen molar-refractivity contribution in [1.82, 2.24) is 10.3 Å². The van der Waals surface area contributed by atoms with Gasteiger partial charge < -0.3 is 15.1 Å². The van der Waals surface area contributed by atoms with Crippen LogP contribution in [0, 0.1) is 5.92 Å². The molecule has 1 saturated heterocycles. The molecule has 0 bridgehead atoms. The Hall–Kier alpha value is -1.55. The molecule has 0 radical (unpaired) electrons. The second-order valence-electron chi connectivity index (χ2n) is 6.28. The van der Waals surface area contributed by atoms with E-state index >= 15 is 0 Å². The number of ether oxygens (including phenoxy) is 1. The molecular formula is C18H27N3O. The highest BCUT2D eigenvalue weighted by molar-refractivity contribution is 5.89. The molecule has 0 amide bonds. The maximum absolute atomic E-state index is 5.67. The first-order valence-electron chi connectivity index (χ1n) is 8.59. The molecule has 2 aliphatic heterocycles. The number of piperidine rings is 1. The molecule has 1 aromatic rings. The van der Waals surface area contributed by atoms with Crippen LogP contribution in [-0.2, 0) is 0 Å². The molecule has 22 heavy (non-hydrogen) atoms. The van der Waals surface area contributed by atoms with E-state index < -0.39 is 0 Å². The number of likely N-dealkylation sites (tertiary alicyclic amines) is 1. The SMILES string of the molecule is CCCOc1ccc(C2NN=C3CCN(CCC)CC32)cc1. The molecule has 0 spiro atoms. The van der Waals surface area contributed by atoms with Gasteiger partial charge >= 0.3 is 0 Å². The zero-order valence-electron chi connectivity index (χ0n) is 13.7. The first kappa shape index (κ1) is 15.3. The summed E-state index contributed by atoms with van der Waals surface area (Å²) in [5.41, 5.74) is 6.02. The van der Waals surface area contributed by atoms with E-state index in [0.29, 0.717) is 12.0 Å². The van der Waals surface area contributed by atoms with Crippen molar-refractivity contribution in [1.29, 1.82) is 0 Å². The maximum Gasteiger partial charge on any atom is 0.119 e. The van der Waals surface area contributed by atoms with Crippen LogP contribution in [0.15, 0.2) is 29.4 Å².